The van der Waals surface area contributed by atoms with Gasteiger partial charge in [0.2, 0.25) is 0 Å². The fourth-order valence-electron chi connectivity index (χ4n) is 3.36. The maximum atomic E-state index is 12.3. The SMILES string of the molecule is COCO[C@@H]1[C@H]2C(=O)C=C(OCC(C)C)[C@H]2CC1(C)C. The van der Waals surface area contributed by atoms with Crippen LogP contribution in [0.3, 0.4) is 0 Å². The van der Waals surface area contributed by atoms with Crippen molar-refractivity contribution in [1.29, 1.82) is 0 Å². The second-order valence-corrected chi connectivity index (χ2v) is 6.97. The molecule has 1 saturated carbocycles. The van der Waals surface area contributed by atoms with Crippen LogP contribution in [0.4, 0.5) is 0 Å². The minimum atomic E-state index is -0.109. The molecule has 0 N–H and O–H groups in total. The van der Waals surface area contributed by atoms with E-state index in [9.17, 15) is 4.79 Å². The van der Waals surface area contributed by atoms with E-state index in [1.54, 1.807) is 13.2 Å². The van der Waals surface area contributed by atoms with Crippen molar-refractivity contribution < 1.29 is 19.0 Å². The predicted molar refractivity (Wildman–Crippen MR) is 76.0 cm³/mol. The normalized spacial score (nSPS) is 31.6. The molecule has 0 aliphatic heterocycles. The summed E-state index contributed by atoms with van der Waals surface area (Å²) in [6.45, 7) is 9.41. The van der Waals surface area contributed by atoms with Gasteiger partial charge in [-0.15, -0.1) is 0 Å². The van der Waals surface area contributed by atoms with Gasteiger partial charge in [0.05, 0.1) is 18.6 Å². The molecule has 0 spiro atoms. The number of carbonyl (C=O) groups excluding carboxylic acids is 1. The van der Waals surface area contributed by atoms with E-state index in [0.29, 0.717) is 12.5 Å². The molecule has 0 saturated heterocycles. The Labute approximate surface area is 121 Å². The predicted octanol–water partition coefficient (Wildman–Crippen LogP) is 2.78. The Hall–Kier alpha value is -0.870. The van der Waals surface area contributed by atoms with Gasteiger partial charge in [0.25, 0.3) is 0 Å². The smallest absolute Gasteiger partial charge is 0.165 e. The highest BCUT2D eigenvalue weighted by molar-refractivity contribution is 5.96. The number of ether oxygens (including phenoxy) is 3. The number of hydrogen-bond acceptors (Lipinski definition) is 4. The van der Waals surface area contributed by atoms with Crippen LogP contribution in [0.25, 0.3) is 0 Å². The molecule has 2 rings (SSSR count). The molecular weight excluding hydrogens is 256 g/mol. The second kappa shape index (κ2) is 5.86. The summed E-state index contributed by atoms with van der Waals surface area (Å²) in [5.41, 5.74) is -0.0375. The van der Waals surface area contributed by atoms with Crippen LogP contribution in [0.2, 0.25) is 0 Å². The minimum Gasteiger partial charge on any atom is -0.497 e. The van der Waals surface area contributed by atoms with Crippen molar-refractivity contribution in [3.63, 3.8) is 0 Å². The Bertz CT molecular complexity index is 397. The number of methoxy groups -OCH3 is 1. The van der Waals surface area contributed by atoms with Crippen molar-refractivity contribution in [2.24, 2.45) is 23.2 Å². The Morgan fingerprint density at radius 1 is 1.40 bits per heavy atom. The van der Waals surface area contributed by atoms with Crippen molar-refractivity contribution in [3.05, 3.63) is 11.8 Å². The highest BCUT2D eigenvalue weighted by Crippen LogP contribution is 2.53. The number of hydrogen-bond donors (Lipinski definition) is 0. The first kappa shape index (κ1) is 15.5. The fourth-order valence-corrected chi connectivity index (χ4v) is 3.36. The van der Waals surface area contributed by atoms with Crippen LogP contribution in [-0.2, 0) is 19.0 Å². The van der Waals surface area contributed by atoms with Crippen molar-refractivity contribution in [3.8, 4) is 0 Å². The summed E-state index contributed by atoms with van der Waals surface area (Å²) in [6, 6.07) is 0. The van der Waals surface area contributed by atoms with Crippen LogP contribution < -0.4 is 0 Å². The summed E-state index contributed by atoms with van der Waals surface area (Å²) in [5, 5.41) is 0. The highest BCUT2D eigenvalue weighted by Gasteiger charge is 2.56. The lowest BCUT2D eigenvalue weighted by molar-refractivity contribution is -0.137. The molecule has 0 heterocycles. The van der Waals surface area contributed by atoms with Gasteiger partial charge < -0.3 is 14.2 Å². The van der Waals surface area contributed by atoms with Crippen molar-refractivity contribution in [1.82, 2.24) is 0 Å². The van der Waals surface area contributed by atoms with Gasteiger partial charge >= 0.3 is 0 Å². The van der Waals surface area contributed by atoms with Crippen LogP contribution in [0.5, 0.6) is 0 Å². The quantitative estimate of drug-likeness (QED) is 0.703. The average Bonchev–Trinajstić information content (AvgIpc) is 2.78. The third-order valence-corrected chi connectivity index (χ3v) is 4.20. The van der Waals surface area contributed by atoms with Crippen LogP contribution >= 0.6 is 0 Å². The molecule has 114 valence electrons. The van der Waals surface area contributed by atoms with Crippen LogP contribution in [0.15, 0.2) is 11.8 Å². The Morgan fingerprint density at radius 3 is 2.70 bits per heavy atom. The van der Waals surface area contributed by atoms with Gasteiger partial charge in [0, 0.05) is 19.1 Å². The van der Waals surface area contributed by atoms with Crippen LogP contribution in [-0.4, -0.2) is 32.4 Å². The molecule has 1 fully saturated rings. The Kier molecular flexibility index (Phi) is 4.55. The zero-order chi connectivity index (χ0) is 14.9. The fraction of sp³-hybridized carbons (Fsp3) is 0.812. The number of ketones is 1. The summed E-state index contributed by atoms with van der Waals surface area (Å²) in [5.74, 6) is 1.51. The first-order chi connectivity index (χ1) is 9.36. The van der Waals surface area contributed by atoms with Gasteiger partial charge in [0.1, 0.15) is 12.6 Å². The molecule has 0 aromatic carbocycles. The first-order valence-electron chi connectivity index (χ1n) is 7.35. The molecule has 20 heavy (non-hydrogen) atoms. The molecule has 0 unspecified atom stereocenters. The van der Waals surface area contributed by atoms with Gasteiger partial charge in [0.15, 0.2) is 5.78 Å². The first-order valence-corrected chi connectivity index (χ1v) is 7.35. The molecule has 4 heteroatoms. The maximum absolute atomic E-state index is 12.3. The van der Waals surface area contributed by atoms with E-state index in [2.05, 4.69) is 27.7 Å². The Balaban J connectivity index is 2.11. The molecular formula is C16H26O4. The lowest BCUT2D eigenvalue weighted by Gasteiger charge is -2.29. The van der Waals surface area contributed by atoms with Gasteiger partial charge in [-0.25, -0.2) is 0 Å². The number of carbonyl (C=O) groups is 1. The molecule has 0 radical (unpaired) electrons. The van der Waals surface area contributed by atoms with E-state index in [1.807, 2.05) is 0 Å². The third-order valence-electron chi connectivity index (χ3n) is 4.20. The van der Waals surface area contributed by atoms with Gasteiger partial charge in [-0.2, -0.15) is 0 Å². The number of fused-ring (bicyclic) bond motifs is 1. The summed E-state index contributed by atoms with van der Waals surface area (Å²) in [6.07, 6.45) is 2.49. The molecule has 2 aliphatic rings. The lowest BCUT2D eigenvalue weighted by atomic mass is 9.86. The van der Waals surface area contributed by atoms with Crippen molar-refractivity contribution in [2.75, 3.05) is 20.5 Å². The average molecular weight is 282 g/mol. The van der Waals surface area contributed by atoms with Crippen LogP contribution in [0.1, 0.15) is 34.1 Å². The largest absolute Gasteiger partial charge is 0.497 e. The highest BCUT2D eigenvalue weighted by atomic mass is 16.7. The van der Waals surface area contributed by atoms with E-state index in [1.165, 1.54) is 0 Å². The molecule has 2 aliphatic carbocycles. The third kappa shape index (κ3) is 2.91. The summed E-state index contributed by atoms with van der Waals surface area (Å²) in [7, 11) is 1.60. The van der Waals surface area contributed by atoms with E-state index in [-0.39, 0.29) is 35.9 Å². The number of rotatable bonds is 6. The molecule has 0 amide bonds. The molecule has 0 bridgehead atoms. The molecule has 0 aromatic rings. The van der Waals surface area contributed by atoms with E-state index >= 15 is 0 Å². The topological polar surface area (TPSA) is 44.8 Å². The minimum absolute atomic E-state index is 0.0375. The van der Waals surface area contributed by atoms with Gasteiger partial charge in [-0.3, -0.25) is 4.79 Å². The van der Waals surface area contributed by atoms with E-state index in [0.717, 1.165) is 12.2 Å². The molecule has 3 atom stereocenters. The van der Waals surface area contributed by atoms with Gasteiger partial charge in [-0.05, 0) is 17.8 Å². The van der Waals surface area contributed by atoms with E-state index in [4.69, 9.17) is 14.2 Å². The standard InChI is InChI=1S/C16H26O4/c1-10(2)8-19-13-6-12(17)14-11(13)7-16(3,4)15(14)20-9-18-5/h6,10-11,14-15H,7-9H2,1-5H3/t11-,14-,15-/m1/s1. The van der Waals surface area contributed by atoms with Gasteiger partial charge in [-0.1, -0.05) is 27.7 Å². The van der Waals surface area contributed by atoms with Crippen LogP contribution in [0, 0.1) is 23.2 Å². The zero-order valence-electron chi connectivity index (χ0n) is 13.1. The van der Waals surface area contributed by atoms with Crippen molar-refractivity contribution >= 4 is 5.78 Å². The lowest BCUT2D eigenvalue weighted by Crippen LogP contribution is -2.35. The monoisotopic (exact) mass is 282 g/mol. The summed E-state index contributed by atoms with van der Waals surface area (Å²) < 4.78 is 16.6. The maximum Gasteiger partial charge on any atom is 0.165 e. The number of allylic oxidation sites excluding steroid dienone is 2. The zero-order valence-corrected chi connectivity index (χ0v) is 13.1. The second-order valence-electron chi connectivity index (χ2n) is 6.97. The summed E-state index contributed by atoms with van der Waals surface area (Å²) in [4.78, 5) is 12.3. The van der Waals surface area contributed by atoms with Crippen molar-refractivity contribution in [2.45, 2.75) is 40.2 Å². The summed E-state index contributed by atoms with van der Waals surface area (Å²) >= 11 is 0. The molecule has 4 nitrogen and oxygen atoms in total. The Morgan fingerprint density at radius 2 is 2.10 bits per heavy atom. The van der Waals surface area contributed by atoms with E-state index < -0.39 is 0 Å². The molecule has 0 aromatic heterocycles.